The standard InChI is InChI=1S/C22H22N2O5/c1-2-3-4-5-6-14-7-12-18-17(13-14)21(26)19(22(27)23-18)20(25)15-8-10-16(11-9-15)24(28)29/h7-13H,2-6H2,1H3,(H2,23,26,27). The van der Waals surface area contributed by atoms with Gasteiger partial charge in [-0.15, -0.1) is 0 Å². The van der Waals surface area contributed by atoms with E-state index in [9.17, 15) is 24.8 Å². The SMILES string of the molecule is CCCCCCc1ccc2[nH]c(=O)c(C(=O)c3ccc([N+](=O)[O-])cc3)c(O)c2c1. The lowest BCUT2D eigenvalue weighted by Gasteiger charge is -2.09. The van der Waals surface area contributed by atoms with Gasteiger partial charge in [-0.05, 0) is 42.7 Å². The summed E-state index contributed by atoms with van der Waals surface area (Å²) in [6.07, 6.45) is 5.31. The molecular formula is C22H22N2O5. The average Bonchev–Trinajstić information content (AvgIpc) is 2.71. The number of aromatic hydroxyl groups is 1. The van der Waals surface area contributed by atoms with E-state index in [0.717, 1.165) is 31.2 Å². The predicted molar refractivity (Wildman–Crippen MR) is 111 cm³/mol. The third kappa shape index (κ3) is 4.34. The third-order valence-corrected chi connectivity index (χ3v) is 4.94. The second-order valence-corrected chi connectivity index (χ2v) is 7.00. The first-order chi connectivity index (χ1) is 13.9. The van der Waals surface area contributed by atoms with Gasteiger partial charge in [0.15, 0.2) is 0 Å². The van der Waals surface area contributed by atoms with Crippen molar-refractivity contribution in [2.45, 2.75) is 39.0 Å². The Labute approximate surface area is 167 Å². The minimum absolute atomic E-state index is 0.0893. The molecule has 0 unspecified atom stereocenters. The lowest BCUT2D eigenvalue weighted by molar-refractivity contribution is -0.384. The number of nitro benzene ring substituents is 1. The van der Waals surface area contributed by atoms with E-state index in [-0.39, 0.29) is 22.6 Å². The van der Waals surface area contributed by atoms with E-state index in [4.69, 9.17) is 0 Å². The fourth-order valence-corrected chi connectivity index (χ4v) is 3.32. The molecule has 0 spiro atoms. The Morgan fingerprint density at radius 3 is 2.48 bits per heavy atom. The van der Waals surface area contributed by atoms with Crippen molar-refractivity contribution in [3.8, 4) is 5.75 Å². The summed E-state index contributed by atoms with van der Waals surface area (Å²) in [4.78, 5) is 38.1. The molecule has 29 heavy (non-hydrogen) atoms. The number of pyridine rings is 1. The monoisotopic (exact) mass is 394 g/mol. The number of nitrogens with zero attached hydrogens (tertiary/aromatic N) is 1. The molecule has 7 heteroatoms. The van der Waals surface area contributed by atoms with Gasteiger partial charge in [-0.1, -0.05) is 32.3 Å². The number of benzene rings is 2. The number of hydrogen-bond acceptors (Lipinski definition) is 5. The number of H-pyrrole nitrogens is 1. The van der Waals surface area contributed by atoms with Gasteiger partial charge >= 0.3 is 0 Å². The number of hydrogen-bond donors (Lipinski definition) is 2. The normalized spacial score (nSPS) is 10.9. The van der Waals surface area contributed by atoms with Gasteiger partial charge in [-0.25, -0.2) is 0 Å². The van der Waals surface area contributed by atoms with E-state index >= 15 is 0 Å². The number of aromatic amines is 1. The van der Waals surface area contributed by atoms with Gasteiger partial charge in [-0.2, -0.15) is 0 Å². The van der Waals surface area contributed by atoms with Crippen molar-refractivity contribution in [3.05, 3.63) is 79.6 Å². The first kappa shape index (κ1) is 20.3. The maximum absolute atomic E-state index is 12.8. The maximum atomic E-state index is 12.8. The largest absolute Gasteiger partial charge is 0.506 e. The summed E-state index contributed by atoms with van der Waals surface area (Å²) in [5.41, 5.74) is 0.329. The molecule has 3 rings (SSSR count). The van der Waals surface area contributed by atoms with Crippen LogP contribution >= 0.6 is 0 Å². The summed E-state index contributed by atoms with van der Waals surface area (Å²) in [6.45, 7) is 2.15. The van der Waals surface area contributed by atoms with Gasteiger partial charge in [0.25, 0.3) is 11.2 Å². The van der Waals surface area contributed by atoms with Crippen LogP contribution in [0.1, 0.15) is 54.1 Å². The minimum Gasteiger partial charge on any atom is -0.506 e. The summed E-state index contributed by atoms with van der Waals surface area (Å²) < 4.78 is 0. The zero-order valence-electron chi connectivity index (χ0n) is 16.1. The molecule has 0 radical (unpaired) electrons. The number of fused-ring (bicyclic) bond motifs is 1. The Kier molecular flexibility index (Phi) is 6.07. The Hall–Kier alpha value is -3.48. The first-order valence-corrected chi connectivity index (χ1v) is 9.59. The lowest BCUT2D eigenvalue weighted by Crippen LogP contribution is -2.19. The van der Waals surface area contributed by atoms with Crippen LogP contribution < -0.4 is 5.56 Å². The molecule has 150 valence electrons. The lowest BCUT2D eigenvalue weighted by atomic mass is 9.99. The second kappa shape index (κ2) is 8.68. The van der Waals surface area contributed by atoms with Gasteiger partial charge in [0.05, 0.1) is 10.4 Å². The highest BCUT2D eigenvalue weighted by atomic mass is 16.6. The summed E-state index contributed by atoms with van der Waals surface area (Å²) in [6, 6.07) is 10.3. The zero-order valence-corrected chi connectivity index (χ0v) is 16.1. The van der Waals surface area contributed by atoms with E-state index in [0.29, 0.717) is 10.9 Å². The fraction of sp³-hybridized carbons (Fsp3) is 0.273. The number of nitro groups is 1. The fourth-order valence-electron chi connectivity index (χ4n) is 3.32. The molecule has 0 fully saturated rings. The number of carbonyl (C=O) groups excluding carboxylic acids is 1. The zero-order chi connectivity index (χ0) is 21.0. The molecular weight excluding hydrogens is 372 g/mol. The van der Waals surface area contributed by atoms with Crippen LogP contribution in [0.5, 0.6) is 5.75 Å². The first-order valence-electron chi connectivity index (χ1n) is 9.59. The van der Waals surface area contributed by atoms with Gasteiger partial charge in [-0.3, -0.25) is 19.7 Å². The molecule has 0 bridgehead atoms. The molecule has 1 heterocycles. The molecule has 0 amide bonds. The van der Waals surface area contributed by atoms with E-state index < -0.39 is 16.3 Å². The molecule has 2 N–H and O–H groups in total. The highest BCUT2D eigenvalue weighted by Crippen LogP contribution is 2.28. The van der Waals surface area contributed by atoms with Gasteiger partial charge in [0.2, 0.25) is 5.78 Å². The number of aryl methyl sites for hydroxylation is 1. The van der Waals surface area contributed by atoms with Crippen molar-refractivity contribution in [3.63, 3.8) is 0 Å². The smallest absolute Gasteiger partial charge is 0.269 e. The molecule has 2 aromatic carbocycles. The predicted octanol–water partition coefficient (Wildman–Crippen LogP) is 4.50. The maximum Gasteiger partial charge on any atom is 0.269 e. The van der Waals surface area contributed by atoms with Crippen LogP contribution in [0.25, 0.3) is 10.9 Å². The van der Waals surface area contributed by atoms with Crippen LogP contribution in [0.4, 0.5) is 5.69 Å². The van der Waals surface area contributed by atoms with E-state index in [1.165, 1.54) is 30.7 Å². The Morgan fingerprint density at radius 2 is 1.83 bits per heavy atom. The molecule has 1 aromatic heterocycles. The third-order valence-electron chi connectivity index (χ3n) is 4.94. The Balaban J connectivity index is 1.97. The summed E-state index contributed by atoms with van der Waals surface area (Å²) in [7, 11) is 0. The highest BCUT2D eigenvalue weighted by Gasteiger charge is 2.21. The Bertz CT molecular complexity index is 1120. The molecule has 0 saturated heterocycles. The van der Waals surface area contributed by atoms with Crippen molar-refractivity contribution < 1.29 is 14.8 Å². The molecule has 0 atom stereocenters. The summed E-state index contributed by atoms with van der Waals surface area (Å²) in [5, 5.41) is 21.9. The van der Waals surface area contributed by atoms with Crippen molar-refractivity contribution in [1.82, 2.24) is 4.98 Å². The average molecular weight is 394 g/mol. The topological polar surface area (TPSA) is 113 Å². The van der Waals surface area contributed by atoms with Crippen LogP contribution in [-0.2, 0) is 6.42 Å². The molecule has 7 nitrogen and oxygen atoms in total. The van der Waals surface area contributed by atoms with Crippen molar-refractivity contribution in [2.24, 2.45) is 0 Å². The van der Waals surface area contributed by atoms with Crippen molar-refractivity contribution in [2.75, 3.05) is 0 Å². The van der Waals surface area contributed by atoms with Crippen LogP contribution in [-0.4, -0.2) is 20.8 Å². The number of rotatable bonds is 8. The second-order valence-electron chi connectivity index (χ2n) is 7.00. The minimum atomic E-state index is -0.700. The number of non-ortho nitro benzene ring substituents is 1. The van der Waals surface area contributed by atoms with Crippen LogP contribution in [0.2, 0.25) is 0 Å². The van der Waals surface area contributed by atoms with Gasteiger partial charge in [0, 0.05) is 23.1 Å². The number of unbranched alkanes of at least 4 members (excludes halogenated alkanes) is 3. The number of aromatic nitrogens is 1. The van der Waals surface area contributed by atoms with Crippen LogP contribution in [0.15, 0.2) is 47.3 Å². The summed E-state index contributed by atoms with van der Waals surface area (Å²) >= 11 is 0. The number of nitrogens with one attached hydrogen (secondary N) is 1. The van der Waals surface area contributed by atoms with Crippen molar-refractivity contribution in [1.29, 1.82) is 0 Å². The molecule has 0 saturated carbocycles. The van der Waals surface area contributed by atoms with E-state index in [1.807, 2.05) is 6.07 Å². The Morgan fingerprint density at radius 1 is 1.10 bits per heavy atom. The number of carbonyl (C=O) groups is 1. The molecule has 3 aromatic rings. The molecule has 0 aliphatic carbocycles. The van der Waals surface area contributed by atoms with Crippen LogP contribution in [0.3, 0.4) is 0 Å². The van der Waals surface area contributed by atoms with E-state index in [1.54, 1.807) is 12.1 Å². The number of ketones is 1. The van der Waals surface area contributed by atoms with Crippen molar-refractivity contribution >= 4 is 22.4 Å². The van der Waals surface area contributed by atoms with Gasteiger partial charge < -0.3 is 10.1 Å². The summed E-state index contributed by atoms with van der Waals surface area (Å²) in [5.74, 6) is -1.06. The highest BCUT2D eigenvalue weighted by molar-refractivity contribution is 6.12. The van der Waals surface area contributed by atoms with E-state index in [2.05, 4.69) is 11.9 Å². The molecule has 0 aliphatic heterocycles. The quantitative estimate of drug-likeness (QED) is 0.253. The van der Waals surface area contributed by atoms with Gasteiger partial charge in [0.1, 0.15) is 11.3 Å². The van der Waals surface area contributed by atoms with Crippen LogP contribution in [0, 0.1) is 10.1 Å². The molecule has 0 aliphatic rings.